The monoisotopic (exact) mass is 261 g/mol. The predicted molar refractivity (Wildman–Crippen MR) is 71.8 cm³/mol. The van der Waals surface area contributed by atoms with Gasteiger partial charge in [0.05, 0.1) is 14.2 Å². The molecule has 0 fully saturated rings. The second-order valence-electron chi connectivity index (χ2n) is 3.74. The average molecular weight is 261 g/mol. The van der Waals surface area contributed by atoms with Gasteiger partial charge in [0.1, 0.15) is 5.75 Å². The van der Waals surface area contributed by atoms with E-state index in [2.05, 4.69) is 15.0 Å². The molecular weight excluding hydrogens is 246 g/mol. The standard InChI is InChI=1S/C12H15N5O2/c1-17(8-5-4-6-9(7-8)18-2)11-14-10(13)15-12(16-11)19-3/h4-7H,1-3H3,(H2,13,14,15,16). The molecule has 7 nitrogen and oxygen atoms in total. The summed E-state index contributed by atoms with van der Waals surface area (Å²) >= 11 is 0. The number of ether oxygens (including phenoxy) is 2. The third kappa shape index (κ3) is 2.82. The number of hydrogen-bond acceptors (Lipinski definition) is 7. The van der Waals surface area contributed by atoms with E-state index in [1.165, 1.54) is 7.11 Å². The molecule has 0 unspecified atom stereocenters. The van der Waals surface area contributed by atoms with E-state index in [-0.39, 0.29) is 12.0 Å². The summed E-state index contributed by atoms with van der Waals surface area (Å²) in [5.41, 5.74) is 6.48. The second kappa shape index (κ2) is 5.38. The van der Waals surface area contributed by atoms with Crippen LogP contribution < -0.4 is 20.1 Å². The summed E-state index contributed by atoms with van der Waals surface area (Å²) < 4.78 is 10.2. The average Bonchev–Trinajstić information content (AvgIpc) is 2.45. The molecule has 7 heteroatoms. The maximum Gasteiger partial charge on any atom is 0.322 e. The highest BCUT2D eigenvalue weighted by Crippen LogP contribution is 2.25. The number of aromatic nitrogens is 3. The summed E-state index contributed by atoms with van der Waals surface area (Å²) in [7, 11) is 4.91. The maximum absolute atomic E-state index is 5.61. The molecule has 0 atom stereocenters. The van der Waals surface area contributed by atoms with Gasteiger partial charge in [0.25, 0.3) is 0 Å². The Kier molecular flexibility index (Phi) is 3.65. The van der Waals surface area contributed by atoms with Gasteiger partial charge < -0.3 is 20.1 Å². The molecule has 0 amide bonds. The largest absolute Gasteiger partial charge is 0.497 e. The lowest BCUT2D eigenvalue weighted by molar-refractivity contribution is 0.379. The highest BCUT2D eigenvalue weighted by molar-refractivity contribution is 5.59. The predicted octanol–water partition coefficient (Wildman–Crippen LogP) is 1.24. The number of hydrogen-bond donors (Lipinski definition) is 1. The third-order valence-corrected chi connectivity index (χ3v) is 2.54. The number of nitrogens with two attached hydrogens (primary N) is 1. The topological polar surface area (TPSA) is 86.4 Å². The zero-order chi connectivity index (χ0) is 13.8. The number of benzene rings is 1. The fourth-order valence-electron chi connectivity index (χ4n) is 1.54. The van der Waals surface area contributed by atoms with Gasteiger partial charge in [-0.25, -0.2) is 0 Å². The molecule has 0 bridgehead atoms. The summed E-state index contributed by atoms with van der Waals surface area (Å²) in [6.07, 6.45) is 0. The van der Waals surface area contributed by atoms with Crippen LogP contribution in [0.1, 0.15) is 0 Å². The highest BCUT2D eigenvalue weighted by Gasteiger charge is 2.11. The van der Waals surface area contributed by atoms with Gasteiger partial charge in [0.15, 0.2) is 0 Å². The highest BCUT2D eigenvalue weighted by atomic mass is 16.5. The minimum atomic E-state index is 0.108. The van der Waals surface area contributed by atoms with Crippen LogP contribution >= 0.6 is 0 Å². The van der Waals surface area contributed by atoms with Gasteiger partial charge in [-0.1, -0.05) is 6.07 Å². The Labute approximate surface area is 111 Å². The van der Waals surface area contributed by atoms with Crippen LogP contribution in [-0.4, -0.2) is 36.2 Å². The zero-order valence-corrected chi connectivity index (χ0v) is 11.0. The lowest BCUT2D eigenvalue weighted by atomic mass is 10.3. The summed E-state index contributed by atoms with van der Waals surface area (Å²) in [4.78, 5) is 13.8. The van der Waals surface area contributed by atoms with E-state index in [1.807, 2.05) is 31.3 Å². The Balaban J connectivity index is 2.37. The van der Waals surface area contributed by atoms with Crippen LogP contribution in [0.2, 0.25) is 0 Å². The van der Waals surface area contributed by atoms with Gasteiger partial charge >= 0.3 is 6.01 Å². The first-order valence-corrected chi connectivity index (χ1v) is 5.57. The summed E-state index contributed by atoms with van der Waals surface area (Å²) in [6, 6.07) is 7.70. The lowest BCUT2D eigenvalue weighted by Crippen LogP contribution is -2.15. The fraction of sp³-hybridized carbons (Fsp3) is 0.250. The second-order valence-corrected chi connectivity index (χ2v) is 3.74. The van der Waals surface area contributed by atoms with Crippen molar-refractivity contribution in [2.45, 2.75) is 0 Å². The summed E-state index contributed by atoms with van der Waals surface area (Å²) in [5, 5.41) is 0. The molecule has 0 saturated heterocycles. The molecule has 0 radical (unpaired) electrons. The summed E-state index contributed by atoms with van der Waals surface area (Å²) in [5.74, 6) is 1.26. The van der Waals surface area contributed by atoms with Gasteiger partial charge in [0, 0.05) is 18.8 Å². The van der Waals surface area contributed by atoms with Crippen molar-refractivity contribution in [3.05, 3.63) is 24.3 Å². The van der Waals surface area contributed by atoms with E-state index in [0.717, 1.165) is 11.4 Å². The van der Waals surface area contributed by atoms with Crippen LogP contribution in [0.4, 0.5) is 17.6 Å². The van der Waals surface area contributed by atoms with Crippen LogP contribution in [0.5, 0.6) is 11.8 Å². The molecule has 1 aromatic carbocycles. The molecule has 0 saturated carbocycles. The van der Waals surface area contributed by atoms with Crippen molar-refractivity contribution in [2.24, 2.45) is 0 Å². The molecule has 100 valence electrons. The van der Waals surface area contributed by atoms with Crippen molar-refractivity contribution in [3.8, 4) is 11.8 Å². The van der Waals surface area contributed by atoms with Gasteiger partial charge in [-0.15, -0.1) is 0 Å². The Bertz CT molecular complexity index is 576. The first kappa shape index (κ1) is 12.9. The van der Waals surface area contributed by atoms with Crippen molar-refractivity contribution in [2.75, 3.05) is 31.9 Å². The molecule has 0 aliphatic rings. The van der Waals surface area contributed by atoms with Gasteiger partial charge in [-0.2, -0.15) is 15.0 Å². The normalized spacial score (nSPS) is 10.1. The first-order chi connectivity index (χ1) is 9.13. The number of nitrogens with zero attached hydrogens (tertiary/aromatic N) is 4. The maximum atomic E-state index is 5.61. The molecular formula is C12H15N5O2. The molecule has 0 aliphatic heterocycles. The molecule has 1 aromatic heterocycles. The van der Waals surface area contributed by atoms with Crippen LogP contribution in [0.3, 0.4) is 0 Å². The number of rotatable bonds is 4. The molecule has 0 spiro atoms. The van der Waals surface area contributed by atoms with E-state index in [4.69, 9.17) is 15.2 Å². The molecule has 19 heavy (non-hydrogen) atoms. The van der Waals surface area contributed by atoms with E-state index in [1.54, 1.807) is 12.0 Å². The molecule has 0 aliphatic carbocycles. The SMILES string of the molecule is COc1cccc(N(C)c2nc(N)nc(OC)n2)c1. The van der Waals surface area contributed by atoms with Crippen molar-refractivity contribution in [3.63, 3.8) is 0 Å². The first-order valence-electron chi connectivity index (χ1n) is 5.57. The van der Waals surface area contributed by atoms with E-state index in [0.29, 0.717) is 5.95 Å². The Morgan fingerprint density at radius 2 is 1.89 bits per heavy atom. The molecule has 1 heterocycles. The van der Waals surface area contributed by atoms with Crippen molar-refractivity contribution < 1.29 is 9.47 Å². The number of nitrogen functional groups attached to an aromatic ring is 1. The van der Waals surface area contributed by atoms with E-state index in [9.17, 15) is 0 Å². The van der Waals surface area contributed by atoms with Crippen LogP contribution in [0.15, 0.2) is 24.3 Å². The number of methoxy groups -OCH3 is 2. The minimum Gasteiger partial charge on any atom is -0.497 e. The van der Waals surface area contributed by atoms with Crippen molar-refractivity contribution in [1.29, 1.82) is 0 Å². The molecule has 2 aromatic rings. The number of anilines is 3. The van der Waals surface area contributed by atoms with Crippen molar-refractivity contribution >= 4 is 17.6 Å². The van der Waals surface area contributed by atoms with Gasteiger partial charge in [-0.05, 0) is 12.1 Å². The fourth-order valence-corrected chi connectivity index (χ4v) is 1.54. The van der Waals surface area contributed by atoms with E-state index >= 15 is 0 Å². The smallest absolute Gasteiger partial charge is 0.322 e. The van der Waals surface area contributed by atoms with Crippen LogP contribution in [0.25, 0.3) is 0 Å². The van der Waals surface area contributed by atoms with Crippen LogP contribution in [0, 0.1) is 0 Å². The van der Waals surface area contributed by atoms with Crippen molar-refractivity contribution in [1.82, 2.24) is 15.0 Å². The third-order valence-electron chi connectivity index (χ3n) is 2.54. The Morgan fingerprint density at radius 3 is 2.58 bits per heavy atom. The van der Waals surface area contributed by atoms with Gasteiger partial charge in [0.2, 0.25) is 11.9 Å². The summed E-state index contributed by atoms with van der Waals surface area (Å²) in [6.45, 7) is 0. The van der Waals surface area contributed by atoms with Gasteiger partial charge in [-0.3, -0.25) is 0 Å². The van der Waals surface area contributed by atoms with Crippen LogP contribution in [-0.2, 0) is 0 Å². The molecule has 2 rings (SSSR count). The molecule has 2 N–H and O–H groups in total. The quantitative estimate of drug-likeness (QED) is 0.885. The lowest BCUT2D eigenvalue weighted by Gasteiger charge is -2.18. The van der Waals surface area contributed by atoms with E-state index < -0.39 is 0 Å². The Morgan fingerprint density at radius 1 is 1.11 bits per heavy atom. The Hall–Kier alpha value is -2.57. The minimum absolute atomic E-state index is 0.108. The zero-order valence-electron chi connectivity index (χ0n) is 11.0.